The molecule has 1 aromatic carbocycles. The molecule has 0 aliphatic heterocycles. The molecule has 0 aliphatic carbocycles. The Morgan fingerprint density at radius 1 is 1.50 bits per heavy atom. The topological polar surface area (TPSA) is 64.3 Å². The SMILES string of the molecule is COCC(N)C(=O)NCCc1cc(F)ccc1F. The zero-order chi connectivity index (χ0) is 13.5. The first-order chi connectivity index (χ1) is 8.54. The van der Waals surface area contributed by atoms with Crippen LogP contribution in [0.3, 0.4) is 0 Å². The van der Waals surface area contributed by atoms with Gasteiger partial charge in [0.15, 0.2) is 0 Å². The molecule has 0 fully saturated rings. The van der Waals surface area contributed by atoms with Gasteiger partial charge in [0, 0.05) is 13.7 Å². The Kier molecular flexibility index (Phi) is 5.67. The van der Waals surface area contributed by atoms with Crippen LogP contribution in [0.25, 0.3) is 0 Å². The van der Waals surface area contributed by atoms with Crippen LogP contribution in [-0.4, -0.2) is 32.2 Å². The lowest BCUT2D eigenvalue weighted by molar-refractivity contribution is -0.123. The first-order valence-corrected chi connectivity index (χ1v) is 5.50. The molecule has 3 N–H and O–H groups in total. The number of hydrogen-bond acceptors (Lipinski definition) is 3. The summed E-state index contributed by atoms with van der Waals surface area (Å²) in [5.74, 6) is -1.38. The molecular weight excluding hydrogens is 242 g/mol. The average Bonchev–Trinajstić information content (AvgIpc) is 2.33. The zero-order valence-electron chi connectivity index (χ0n) is 10.1. The van der Waals surface area contributed by atoms with Crippen LogP contribution < -0.4 is 11.1 Å². The molecule has 18 heavy (non-hydrogen) atoms. The van der Waals surface area contributed by atoms with E-state index in [-0.39, 0.29) is 31.0 Å². The summed E-state index contributed by atoms with van der Waals surface area (Å²) in [5, 5.41) is 2.53. The predicted octanol–water partition coefficient (Wildman–Crippen LogP) is 0.597. The minimum absolute atomic E-state index is 0.111. The summed E-state index contributed by atoms with van der Waals surface area (Å²) in [4.78, 5) is 11.4. The van der Waals surface area contributed by atoms with Crippen molar-refractivity contribution in [1.29, 1.82) is 0 Å². The molecule has 1 unspecified atom stereocenters. The van der Waals surface area contributed by atoms with Gasteiger partial charge >= 0.3 is 0 Å². The van der Waals surface area contributed by atoms with Crippen molar-refractivity contribution >= 4 is 5.91 Å². The Morgan fingerprint density at radius 3 is 2.89 bits per heavy atom. The lowest BCUT2D eigenvalue weighted by Gasteiger charge is -2.11. The molecule has 0 aliphatic rings. The van der Waals surface area contributed by atoms with Gasteiger partial charge in [0.1, 0.15) is 17.7 Å². The van der Waals surface area contributed by atoms with Crippen molar-refractivity contribution in [3.05, 3.63) is 35.4 Å². The molecule has 0 aromatic heterocycles. The standard InChI is InChI=1S/C12H16F2N2O2/c1-18-7-11(15)12(17)16-5-4-8-6-9(13)2-3-10(8)14/h2-3,6,11H,4-5,7,15H2,1H3,(H,16,17). The van der Waals surface area contributed by atoms with E-state index in [0.29, 0.717) is 0 Å². The molecule has 6 heteroatoms. The normalized spacial score (nSPS) is 12.2. The van der Waals surface area contributed by atoms with Crippen LogP contribution in [-0.2, 0) is 16.0 Å². The lowest BCUT2D eigenvalue weighted by Crippen LogP contribution is -2.44. The summed E-state index contributed by atoms with van der Waals surface area (Å²) in [6.45, 7) is 0.302. The molecule has 0 spiro atoms. The van der Waals surface area contributed by atoms with Gasteiger partial charge in [0.2, 0.25) is 5.91 Å². The quantitative estimate of drug-likeness (QED) is 0.785. The van der Waals surface area contributed by atoms with Gasteiger partial charge in [-0.2, -0.15) is 0 Å². The highest BCUT2D eigenvalue weighted by Crippen LogP contribution is 2.09. The van der Waals surface area contributed by atoms with Crippen molar-refractivity contribution in [3.63, 3.8) is 0 Å². The molecule has 0 heterocycles. The molecule has 4 nitrogen and oxygen atoms in total. The number of nitrogens with two attached hydrogens (primary N) is 1. The minimum atomic E-state index is -0.757. The van der Waals surface area contributed by atoms with Crippen LogP contribution in [0, 0.1) is 11.6 Å². The van der Waals surface area contributed by atoms with E-state index in [1.807, 2.05) is 0 Å². The number of methoxy groups -OCH3 is 1. The lowest BCUT2D eigenvalue weighted by atomic mass is 10.1. The number of hydrogen-bond donors (Lipinski definition) is 2. The number of rotatable bonds is 6. The third-order valence-electron chi connectivity index (χ3n) is 2.38. The van der Waals surface area contributed by atoms with Gasteiger partial charge < -0.3 is 15.8 Å². The molecule has 1 atom stereocenters. The molecule has 0 bridgehead atoms. The fourth-order valence-corrected chi connectivity index (χ4v) is 1.44. The zero-order valence-corrected chi connectivity index (χ0v) is 10.1. The van der Waals surface area contributed by atoms with E-state index in [4.69, 9.17) is 10.5 Å². The summed E-state index contributed by atoms with van der Waals surface area (Å²) in [5.41, 5.74) is 5.71. The summed E-state index contributed by atoms with van der Waals surface area (Å²) < 4.78 is 30.8. The Balaban J connectivity index is 2.42. The third-order valence-corrected chi connectivity index (χ3v) is 2.38. The fourth-order valence-electron chi connectivity index (χ4n) is 1.44. The van der Waals surface area contributed by atoms with E-state index in [0.717, 1.165) is 18.2 Å². The number of amides is 1. The minimum Gasteiger partial charge on any atom is -0.383 e. The monoisotopic (exact) mass is 258 g/mol. The van der Waals surface area contributed by atoms with E-state index in [9.17, 15) is 13.6 Å². The smallest absolute Gasteiger partial charge is 0.239 e. The summed E-state index contributed by atoms with van der Waals surface area (Å²) in [6.07, 6.45) is 0.203. The highest BCUT2D eigenvalue weighted by atomic mass is 19.1. The number of benzene rings is 1. The summed E-state index contributed by atoms with van der Waals surface area (Å²) in [6, 6.07) is 2.46. The van der Waals surface area contributed by atoms with Crippen molar-refractivity contribution in [2.24, 2.45) is 5.73 Å². The Bertz CT molecular complexity index is 413. The maximum Gasteiger partial charge on any atom is 0.239 e. The molecule has 100 valence electrons. The number of carbonyl (C=O) groups excluding carboxylic acids is 1. The highest BCUT2D eigenvalue weighted by molar-refractivity contribution is 5.81. The van der Waals surface area contributed by atoms with Crippen LogP contribution in [0.4, 0.5) is 8.78 Å². The molecule has 1 amide bonds. The Hall–Kier alpha value is -1.53. The molecule has 0 saturated carbocycles. The van der Waals surface area contributed by atoms with Gasteiger partial charge in [-0.25, -0.2) is 8.78 Å². The van der Waals surface area contributed by atoms with Gasteiger partial charge in [-0.1, -0.05) is 0 Å². The third kappa shape index (κ3) is 4.38. The van der Waals surface area contributed by atoms with Gasteiger partial charge in [-0.3, -0.25) is 4.79 Å². The van der Waals surface area contributed by atoms with Gasteiger partial charge in [0.05, 0.1) is 6.61 Å². The maximum absolute atomic E-state index is 13.2. The second-order valence-electron chi connectivity index (χ2n) is 3.84. The predicted molar refractivity (Wildman–Crippen MR) is 62.9 cm³/mol. The van der Waals surface area contributed by atoms with E-state index >= 15 is 0 Å². The van der Waals surface area contributed by atoms with E-state index < -0.39 is 17.7 Å². The van der Waals surface area contributed by atoms with Crippen molar-refractivity contribution in [2.75, 3.05) is 20.3 Å². The highest BCUT2D eigenvalue weighted by Gasteiger charge is 2.12. The number of halogens is 2. The van der Waals surface area contributed by atoms with Crippen LogP contribution in [0.2, 0.25) is 0 Å². The van der Waals surface area contributed by atoms with E-state index in [1.165, 1.54) is 7.11 Å². The van der Waals surface area contributed by atoms with Crippen LogP contribution in [0.1, 0.15) is 5.56 Å². The van der Waals surface area contributed by atoms with Gasteiger partial charge in [-0.15, -0.1) is 0 Å². The van der Waals surface area contributed by atoms with E-state index in [2.05, 4.69) is 5.32 Å². The number of nitrogens with one attached hydrogen (secondary N) is 1. The fraction of sp³-hybridized carbons (Fsp3) is 0.417. The van der Waals surface area contributed by atoms with Crippen molar-refractivity contribution < 1.29 is 18.3 Å². The van der Waals surface area contributed by atoms with Crippen LogP contribution in [0.5, 0.6) is 0 Å². The van der Waals surface area contributed by atoms with Crippen molar-refractivity contribution in [1.82, 2.24) is 5.32 Å². The van der Waals surface area contributed by atoms with Crippen molar-refractivity contribution in [2.45, 2.75) is 12.5 Å². The average molecular weight is 258 g/mol. The van der Waals surface area contributed by atoms with Crippen LogP contribution in [0.15, 0.2) is 18.2 Å². The number of ether oxygens (including phenoxy) is 1. The second-order valence-corrected chi connectivity index (χ2v) is 3.84. The van der Waals surface area contributed by atoms with Crippen LogP contribution >= 0.6 is 0 Å². The van der Waals surface area contributed by atoms with Gasteiger partial charge in [-0.05, 0) is 30.2 Å². The summed E-state index contributed by atoms with van der Waals surface area (Å²) in [7, 11) is 1.44. The first-order valence-electron chi connectivity index (χ1n) is 5.50. The Morgan fingerprint density at radius 2 is 2.22 bits per heavy atom. The molecule has 1 rings (SSSR count). The van der Waals surface area contributed by atoms with Crippen molar-refractivity contribution in [3.8, 4) is 0 Å². The Labute approximate surface area is 104 Å². The molecular formula is C12H16F2N2O2. The summed E-state index contributed by atoms with van der Waals surface area (Å²) >= 11 is 0. The first kappa shape index (κ1) is 14.5. The van der Waals surface area contributed by atoms with Gasteiger partial charge in [0.25, 0.3) is 0 Å². The largest absolute Gasteiger partial charge is 0.383 e. The number of carbonyl (C=O) groups is 1. The molecule has 0 saturated heterocycles. The molecule has 0 radical (unpaired) electrons. The molecule has 1 aromatic rings. The maximum atomic E-state index is 13.2. The van der Waals surface area contributed by atoms with E-state index in [1.54, 1.807) is 0 Å². The second kappa shape index (κ2) is 7.03.